The number of non-ortho nitro benzene ring substituents is 1. The number of carbonyl (C=O) groups excluding carboxylic acids is 1. The van der Waals surface area contributed by atoms with Crippen molar-refractivity contribution in [1.82, 2.24) is 0 Å². The number of methoxy groups -OCH3 is 1. The topological polar surface area (TPSA) is 93.5 Å². The minimum Gasteiger partial charge on any atom is -0.495 e. The number of benzene rings is 2. The summed E-state index contributed by atoms with van der Waals surface area (Å²) in [5, 5.41) is 16.7. The summed E-state index contributed by atoms with van der Waals surface area (Å²) in [5.74, 6) is 0.0387. The summed E-state index contributed by atoms with van der Waals surface area (Å²) in [6, 6.07) is 11.3. The second kappa shape index (κ2) is 8.14. The van der Waals surface area contributed by atoms with Crippen molar-refractivity contribution in [3.8, 4) is 5.75 Å². The number of rotatable bonds is 7. The third-order valence-corrected chi connectivity index (χ3v) is 3.79. The number of hydrogen-bond acceptors (Lipinski definition) is 5. The lowest BCUT2D eigenvalue weighted by Crippen LogP contribution is -2.32. The van der Waals surface area contributed by atoms with Crippen LogP contribution in [0.4, 0.5) is 17.1 Å². The molecule has 132 valence electrons. The first-order valence-electron chi connectivity index (χ1n) is 7.93. The molecule has 2 rings (SSSR count). The van der Waals surface area contributed by atoms with Crippen molar-refractivity contribution in [2.75, 3.05) is 17.7 Å². The number of carbonyl (C=O) groups is 1. The van der Waals surface area contributed by atoms with E-state index in [9.17, 15) is 14.9 Å². The quantitative estimate of drug-likeness (QED) is 0.592. The smallest absolute Gasteiger partial charge is 0.271 e. The molecule has 0 radical (unpaired) electrons. The van der Waals surface area contributed by atoms with Gasteiger partial charge in [0.2, 0.25) is 5.91 Å². The van der Waals surface area contributed by atoms with E-state index < -0.39 is 11.0 Å². The van der Waals surface area contributed by atoms with Gasteiger partial charge in [0.05, 0.1) is 17.7 Å². The number of nitro groups is 1. The van der Waals surface area contributed by atoms with Crippen LogP contribution in [0.5, 0.6) is 5.75 Å². The van der Waals surface area contributed by atoms with Crippen LogP contribution in [0.25, 0.3) is 0 Å². The molecule has 0 heterocycles. The van der Waals surface area contributed by atoms with E-state index in [0.29, 0.717) is 5.75 Å². The van der Waals surface area contributed by atoms with Crippen LogP contribution in [0.1, 0.15) is 19.4 Å². The number of nitrogens with one attached hydrogen (secondary N) is 2. The molecule has 0 saturated heterocycles. The Bertz CT molecular complexity index is 759. The minimum atomic E-state index is -0.531. The zero-order valence-corrected chi connectivity index (χ0v) is 14.4. The standard InChI is InChI=1S/C18H21N3O4/c1-4-13-5-7-14(8-6-13)19-12(2)18(22)20-16-11-15(21(23)24)9-10-17(16)25-3/h5-12,19H,4H2,1-3H3,(H,20,22)/t12-/m1/s1. The van der Waals surface area contributed by atoms with Crippen LogP contribution in [0.2, 0.25) is 0 Å². The third kappa shape index (κ3) is 4.69. The van der Waals surface area contributed by atoms with E-state index in [0.717, 1.165) is 12.1 Å². The number of hydrogen-bond donors (Lipinski definition) is 2. The largest absolute Gasteiger partial charge is 0.495 e. The van der Waals surface area contributed by atoms with Crippen molar-refractivity contribution in [3.05, 3.63) is 58.1 Å². The number of nitrogens with zero attached hydrogens (tertiary/aromatic N) is 1. The molecule has 2 aromatic carbocycles. The number of nitro benzene ring substituents is 1. The zero-order chi connectivity index (χ0) is 18.4. The summed E-state index contributed by atoms with van der Waals surface area (Å²) < 4.78 is 5.15. The van der Waals surface area contributed by atoms with Gasteiger partial charge in [-0.05, 0) is 37.1 Å². The summed E-state index contributed by atoms with van der Waals surface area (Å²) in [5.41, 5.74) is 2.18. The maximum absolute atomic E-state index is 12.4. The molecule has 0 bridgehead atoms. The lowest BCUT2D eigenvalue weighted by molar-refractivity contribution is -0.384. The van der Waals surface area contributed by atoms with Crippen LogP contribution in [0.3, 0.4) is 0 Å². The summed E-state index contributed by atoms with van der Waals surface area (Å²) >= 11 is 0. The maximum atomic E-state index is 12.4. The van der Waals surface area contributed by atoms with Crippen LogP contribution in [0, 0.1) is 10.1 Å². The van der Waals surface area contributed by atoms with Gasteiger partial charge in [0.1, 0.15) is 11.8 Å². The third-order valence-electron chi connectivity index (χ3n) is 3.79. The highest BCUT2D eigenvalue weighted by molar-refractivity contribution is 5.97. The van der Waals surface area contributed by atoms with Gasteiger partial charge in [-0.1, -0.05) is 19.1 Å². The van der Waals surface area contributed by atoms with Crippen molar-refractivity contribution < 1.29 is 14.5 Å². The van der Waals surface area contributed by atoms with Gasteiger partial charge in [-0.3, -0.25) is 14.9 Å². The Morgan fingerprint density at radius 3 is 2.48 bits per heavy atom. The summed E-state index contributed by atoms with van der Waals surface area (Å²) in [7, 11) is 1.44. The Kier molecular flexibility index (Phi) is 5.94. The van der Waals surface area contributed by atoms with Gasteiger partial charge < -0.3 is 15.4 Å². The van der Waals surface area contributed by atoms with Crippen molar-refractivity contribution >= 4 is 23.0 Å². The summed E-state index contributed by atoms with van der Waals surface area (Å²) in [6.45, 7) is 3.79. The molecule has 0 aromatic heterocycles. The van der Waals surface area contributed by atoms with Gasteiger partial charge in [0, 0.05) is 17.8 Å². The van der Waals surface area contributed by atoms with E-state index in [-0.39, 0.29) is 17.3 Å². The SMILES string of the molecule is CCc1ccc(N[C@H](C)C(=O)Nc2cc([N+](=O)[O-])ccc2OC)cc1. The number of amides is 1. The molecule has 0 fully saturated rings. The van der Waals surface area contributed by atoms with Gasteiger partial charge in [0.15, 0.2) is 0 Å². The maximum Gasteiger partial charge on any atom is 0.271 e. The Hall–Kier alpha value is -3.09. The first kappa shape index (κ1) is 18.3. The van der Waals surface area contributed by atoms with Gasteiger partial charge in [-0.25, -0.2) is 0 Å². The molecular weight excluding hydrogens is 322 g/mol. The highest BCUT2D eigenvalue weighted by atomic mass is 16.6. The fourth-order valence-electron chi connectivity index (χ4n) is 2.30. The minimum absolute atomic E-state index is 0.119. The molecule has 0 spiro atoms. The molecule has 25 heavy (non-hydrogen) atoms. The summed E-state index contributed by atoms with van der Waals surface area (Å²) in [4.78, 5) is 22.8. The predicted molar refractivity (Wildman–Crippen MR) is 97.2 cm³/mol. The fraction of sp³-hybridized carbons (Fsp3) is 0.278. The number of anilines is 2. The predicted octanol–water partition coefficient (Wildman–Crippen LogP) is 3.60. The highest BCUT2D eigenvalue weighted by Gasteiger charge is 2.17. The van der Waals surface area contributed by atoms with Crippen LogP contribution in [0.15, 0.2) is 42.5 Å². The van der Waals surface area contributed by atoms with Crippen molar-refractivity contribution in [1.29, 1.82) is 0 Å². The van der Waals surface area contributed by atoms with E-state index in [1.165, 1.54) is 30.9 Å². The second-order valence-electron chi connectivity index (χ2n) is 5.55. The van der Waals surface area contributed by atoms with E-state index in [4.69, 9.17) is 4.74 Å². The Labute approximate surface area is 146 Å². The molecule has 7 heteroatoms. The Balaban J connectivity index is 2.09. The monoisotopic (exact) mass is 343 g/mol. The van der Waals surface area contributed by atoms with E-state index >= 15 is 0 Å². The van der Waals surface area contributed by atoms with Crippen LogP contribution >= 0.6 is 0 Å². The molecule has 0 aliphatic heterocycles. The summed E-state index contributed by atoms with van der Waals surface area (Å²) in [6.07, 6.45) is 0.947. The van der Waals surface area contributed by atoms with Gasteiger partial charge in [-0.15, -0.1) is 0 Å². The van der Waals surface area contributed by atoms with E-state index in [1.807, 2.05) is 24.3 Å². The zero-order valence-electron chi connectivity index (χ0n) is 14.4. The molecule has 0 unspecified atom stereocenters. The van der Waals surface area contributed by atoms with Gasteiger partial charge in [0.25, 0.3) is 5.69 Å². The normalized spacial score (nSPS) is 11.5. The first-order valence-corrected chi connectivity index (χ1v) is 7.93. The first-order chi connectivity index (χ1) is 11.9. The molecular formula is C18H21N3O4. The second-order valence-corrected chi connectivity index (χ2v) is 5.55. The lowest BCUT2D eigenvalue weighted by Gasteiger charge is -2.16. The average Bonchev–Trinajstić information content (AvgIpc) is 2.62. The van der Waals surface area contributed by atoms with Crippen LogP contribution < -0.4 is 15.4 Å². The Morgan fingerprint density at radius 1 is 1.24 bits per heavy atom. The van der Waals surface area contributed by atoms with Gasteiger partial charge >= 0.3 is 0 Å². The van der Waals surface area contributed by atoms with Crippen molar-refractivity contribution in [3.63, 3.8) is 0 Å². The molecule has 1 atom stereocenters. The molecule has 0 aliphatic rings. The van der Waals surface area contributed by atoms with Crippen molar-refractivity contribution in [2.45, 2.75) is 26.3 Å². The molecule has 1 amide bonds. The lowest BCUT2D eigenvalue weighted by atomic mass is 10.1. The molecule has 0 aliphatic carbocycles. The number of aryl methyl sites for hydroxylation is 1. The Morgan fingerprint density at radius 2 is 1.92 bits per heavy atom. The van der Waals surface area contributed by atoms with E-state index in [1.54, 1.807) is 6.92 Å². The van der Waals surface area contributed by atoms with Crippen LogP contribution in [-0.2, 0) is 11.2 Å². The van der Waals surface area contributed by atoms with Crippen molar-refractivity contribution in [2.24, 2.45) is 0 Å². The fourth-order valence-corrected chi connectivity index (χ4v) is 2.30. The van der Waals surface area contributed by atoms with Gasteiger partial charge in [-0.2, -0.15) is 0 Å². The molecule has 2 N–H and O–H groups in total. The average molecular weight is 343 g/mol. The highest BCUT2D eigenvalue weighted by Crippen LogP contribution is 2.29. The number of ether oxygens (including phenoxy) is 1. The molecule has 7 nitrogen and oxygen atoms in total. The molecule has 2 aromatic rings. The van der Waals surface area contributed by atoms with Crippen LogP contribution in [-0.4, -0.2) is 24.0 Å². The molecule has 0 saturated carbocycles. The van der Waals surface area contributed by atoms with E-state index in [2.05, 4.69) is 17.6 Å².